The average Bonchev–Trinajstić information content (AvgIpc) is 2.40. The third kappa shape index (κ3) is 3.56. The smallest absolute Gasteiger partial charge is 0.255 e. The summed E-state index contributed by atoms with van der Waals surface area (Å²) >= 11 is 5.90. The number of nitrogens with zero attached hydrogens (tertiary/aromatic N) is 1. The van der Waals surface area contributed by atoms with E-state index in [0.29, 0.717) is 10.6 Å². The zero-order valence-electron chi connectivity index (χ0n) is 15.6. The number of halogens is 1. The third-order valence-electron chi connectivity index (χ3n) is 4.06. The number of β-lactam (4-membered cyclic amide) rings is 1. The van der Waals surface area contributed by atoms with Gasteiger partial charge < -0.3 is 10.2 Å². The van der Waals surface area contributed by atoms with E-state index in [4.69, 9.17) is 11.6 Å². The lowest BCUT2D eigenvalue weighted by atomic mass is 9.73. The van der Waals surface area contributed by atoms with E-state index in [1.165, 1.54) is 4.90 Å². The lowest BCUT2D eigenvalue weighted by Crippen LogP contribution is -2.78. The minimum Gasteiger partial charge on any atom is -0.349 e. The Morgan fingerprint density at radius 3 is 2.00 bits per heavy atom. The Balaban J connectivity index is 2.53. The highest BCUT2D eigenvalue weighted by Crippen LogP contribution is 2.41. The number of carbonyl (C=O) groups excluding carboxylic acids is 3. The van der Waals surface area contributed by atoms with E-state index in [2.05, 4.69) is 5.32 Å². The maximum atomic E-state index is 13.3. The van der Waals surface area contributed by atoms with Crippen molar-refractivity contribution in [3.63, 3.8) is 0 Å². The molecule has 0 radical (unpaired) electrons. The first-order chi connectivity index (χ1) is 11.3. The second-order valence-corrected chi connectivity index (χ2v) is 8.91. The van der Waals surface area contributed by atoms with Crippen molar-refractivity contribution in [2.24, 2.45) is 0 Å². The molecule has 1 heterocycles. The summed E-state index contributed by atoms with van der Waals surface area (Å²) in [7, 11) is 0. The first-order valence-corrected chi connectivity index (χ1v) is 8.63. The highest BCUT2D eigenvalue weighted by molar-refractivity contribution is 6.31. The van der Waals surface area contributed by atoms with E-state index >= 15 is 0 Å². The van der Waals surface area contributed by atoms with Gasteiger partial charge in [-0.25, -0.2) is 0 Å². The summed E-state index contributed by atoms with van der Waals surface area (Å²) < 4.78 is 0. The molecule has 2 amide bonds. The lowest BCUT2D eigenvalue weighted by Gasteiger charge is -2.56. The first kappa shape index (κ1) is 19.4. The largest absolute Gasteiger partial charge is 0.349 e. The molecule has 1 N–H and O–H groups in total. The molecule has 2 rings (SSSR count). The summed E-state index contributed by atoms with van der Waals surface area (Å²) in [6.07, 6.45) is -0.131. The van der Waals surface area contributed by atoms with Gasteiger partial charge in [0.15, 0.2) is 11.3 Å². The van der Waals surface area contributed by atoms with E-state index in [-0.39, 0.29) is 18.1 Å². The number of Topliss-reactive ketones (excluding diaryl/α,β-unsaturated/α-hetero) is 1. The van der Waals surface area contributed by atoms with E-state index in [1.807, 2.05) is 41.5 Å². The van der Waals surface area contributed by atoms with Crippen molar-refractivity contribution in [1.82, 2.24) is 10.2 Å². The summed E-state index contributed by atoms with van der Waals surface area (Å²) in [6.45, 7) is 11.0. The zero-order chi connectivity index (χ0) is 19.2. The van der Waals surface area contributed by atoms with E-state index < -0.39 is 22.5 Å². The van der Waals surface area contributed by atoms with Gasteiger partial charge in [-0.15, -0.1) is 0 Å². The minimum absolute atomic E-state index is 0.131. The quantitative estimate of drug-likeness (QED) is 0.508. The molecule has 1 unspecified atom stereocenters. The number of benzene rings is 1. The van der Waals surface area contributed by atoms with Gasteiger partial charge in [0, 0.05) is 21.7 Å². The second kappa shape index (κ2) is 6.13. The predicted molar refractivity (Wildman–Crippen MR) is 97.6 cm³/mol. The Bertz CT molecular complexity index is 714. The molecule has 1 aromatic rings. The van der Waals surface area contributed by atoms with Crippen molar-refractivity contribution in [1.29, 1.82) is 0 Å². The first-order valence-electron chi connectivity index (χ1n) is 8.25. The maximum absolute atomic E-state index is 13.3. The molecule has 1 aromatic carbocycles. The van der Waals surface area contributed by atoms with Gasteiger partial charge in [0.1, 0.15) is 0 Å². The number of amides is 2. The van der Waals surface area contributed by atoms with Crippen LogP contribution < -0.4 is 5.32 Å². The molecule has 1 atom stereocenters. The number of nitrogens with one attached hydrogen (secondary N) is 1. The van der Waals surface area contributed by atoms with E-state index in [1.54, 1.807) is 24.3 Å². The van der Waals surface area contributed by atoms with Crippen LogP contribution in [0.4, 0.5) is 0 Å². The normalized spacial score (nSPS) is 20.9. The Labute approximate surface area is 153 Å². The molecular formula is C19H25ClN2O3. The number of hydrogen-bond acceptors (Lipinski definition) is 3. The van der Waals surface area contributed by atoms with Gasteiger partial charge in [0.25, 0.3) is 5.91 Å². The van der Waals surface area contributed by atoms with Crippen LogP contribution in [-0.4, -0.2) is 39.1 Å². The van der Waals surface area contributed by atoms with Crippen molar-refractivity contribution < 1.29 is 14.4 Å². The summed E-state index contributed by atoms with van der Waals surface area (Å²) in [5.41, 5.74) is -2.36. The number of ketones is 1. The van der Waals surface area contributed by atoms with Gasteiger partial charge >= 0.3 is 0 Å². The highest BCUT2D eigenvalue weighted by atomic mass is 35.5. The Morgan fingerprint density at radius 1 is 1.08 bits per heavy atom. The SMILES string of the molecule is CC(C)(C)NC(=O)C1(C(=O)c2ccc(Cl)cc2)CC(=O)N1C(C)(C)C. The van der Waals surface area contributed by atoms with Crippen molar-refractivity contribution >= 4 is 29.2 Å². The van der Waals surface area contributed by atoms with Crippen LogP contribution in [0.15, 0.2) is 24.3 Å². The van der Waals surface area contributed by atoms with Crippen LogP contribution in [0.3, 0.4) is 0 Å². The number of rotatable bonds is 3. The van der Waals surface area contributed by atoms with Crippen molar-refractivity contribution in [3.8, 4) is 0 Å². The van der Waals surface area contributed by atoms with E-state index in [9.17, 15) is 14.4 Å². The topological polar surface area (TPSA) is 66.5 Å². The van der Waals surface area contributed by atoms with Crippen molar-refractivity contribution in [3.05, 3.63) is 34.9 Å². The Morgan fingerprint density at radius 2 is 1.60 bits per heavy atom. The van der Waals surface area contributed by atoms with Crippen LogP contribution >= 0.6 is 11.6 Å². The monoisotopic (exact) mass is 364 g/mol. The highest BCUT2D eigenvalue weighted by Gasteiger charge is 2.65. The summed E-state index contributed by atoms with van der Waals surface area (Å²) in [4.78, 5) is 40.1. The van der Waals surface area contributed by atoms with Gasteiger partial charge in [-0.3, -0.25) is 14.4 Å². The lowest BCUT2D eigenvalue weighted by molar-refractivity contribution is -0.170. The fourth-order valence-electron chi connectivity index (χ4n) is 3.20. The molecule has 5 nitrogen and oxygen atoms in total. The van der Waals surface area contributed by atoms with Crippen LogP contribution in [0.2, 0.25) is 5.02 Å². The molecule has 1 aliphatic heterocycles. The molecular weight excluding hydrogens is 340 g/mol. The van der Waals surface area contributed by atoms with Gasteiger partial charge in [0.2, 0.25) is 5.91 Å². The molecule has 1 saturated heterocycles. The zero-order valence-corrected chi connectivity index (χ0v) is 16.3. The van der Waals surface area contributed by atoms with Gasteiger partial charge in [-0.05, 0) is 65.8 Å². The maximum Gasteiger partial charge on any atom is 0.255 e. The number of likely N-dealkylation sites (tertiary alicyclic amines) is 1. The number of hydrogen-bond donors (Lipinski definition) is 1. The van der Waals surface area contributed by atoms with Crippen LogP contribution in [0.25, 0.3) is 0 Å². The fraction of sp³-hybridized carbons (Fsp3) is 0.526. The number of carbonyl (C=O) groups is 3. The third-order valence-corrected chi connectivity index (χ3v) is 4.31. The summed E-state index contributed by atoms with van der Waals surface area (Å²) in [5.74, 6) is -1.05. The molecule has 6 heteroatoms. The molecule has 1 fully saturated rings. The molecule has 25 heavy (non-hydrogen) atoms. The molecule has 0 aliphatic carbocycles. The predicted octanol–water partition coefficient (Wildman–Crippen LogP) is 3.21. The molecule has 0 spiro atoms. The summed E-state index contributed by atoms with van der Waals surface area (Å²) in [6, 6.07) is 6.37. The van der Waals surface area contributed by atoms with Crippen LogP contribution in [-0.2, 0) is 9.59 Å². The van der Waals surface area contributed by atoms with E-state index in [0.717, 1.165) is 0 Å². The van der Waals surface area contributed by atoms with Crippen LogP contribution in [0.1, 0.15) is 58.3 Å². The Hall–Kier alpha value is -1.88. The minimum atomic E-state index is -1.53. The molecule has 0 saturated carbocycles. The van der Waals surface area contributed by atoms with Crippen molar-refractivity contribution in [2.45, 2.75) is 64.6 Å². The fourth-order valence-corrected chi connectivity index (χ4v) is 3.32. The van der Waals surface area contributed by atoms with Crippen molar-refractivity contribution in [2.75, 3.05) is 0 Å². The van der Waals surface area contributed by atoms with Crippen LogP contribution in [0.5, 0.6) is 0 Å². The van der Waals surface area contributed by atoms with Crippen LogP contribution in [0, 0.1) is 0 Å². The Kier molecular flexibility index (Phi) is 4.77. The van der Waals surface area contributed by atoms with Gasteiger partial charge in [0.05, 0.1) is 6.42 Å². The second-order valence-electron chi connectivity index (χ2n) is 8.48. The average molecular weight is 365 g/mol. The van der Waals surface area contributed by atoms with Gasteiger partial charge in [-0.2, -0.15) is 0 Å². The summed E-state index contributed by atoms with van der Waals surface area (Å²) in [5, 5.41) is 3.37. The molecule has 0 aromatic heterocycles. The van der Waals surface area contributed by atoms with Gasteiger partial charge in [-0.1, -0.05) is 11.6 Å². The molecule has 136 valence electrons. The molecule has 1 aliphatic rings. The standard InChI is InChI=1S/C19H25ClN2O3/c1-17(2,3)21-16(25)19(11-14(23)22(19)18(4,5)6)15(24)12-7-9-13(20)10-8-12/h7-10H,11H2,1-6H3,(H,21,25). The molecule has 0 bridgehead atoms.